The standard InChI is InChI=1S/C8H10N4O4/c13-2-4(14)1-12-3-9-6-5(12)7(15)11-8(16)10-6/h3-4,13-14H,1-2H2,(H2,10,11,15,16). The van der Waals surface area contributed by atoms with Crippen LogP contribution < -0.4 is 11.2 Å². The molecule has 4 N–H and O–H groups in total. The van der Waals surface area contributed by atoms with Gasteiger partial charge in [0.1, 0.15) is 0 Å². The van der Waals surface area contributed by atoms with Crippen LogP contribution in [-0.4, -0.2) is 42.4 Å². The maximum atomic E-state index is 11.5. The summed E-state index contributed by atoms with van der Waals surface area (Å²) in [5.74, 6) is 0. The van der Waals surface area contributed by atoms with Gasteiger partial charge in [-0.05, 0) is 0 Å². The minimum Gasteiger partial charge on any atom is -0.394 e. The summed E-state index contributed by atoms with van der Waals surface area (Å²) >= 11 is 0. The molecule has 1 unspecified atom stereocenters. The molecule has 8 nitrogen and oxygen atoms in total. The first-order valence-electron chi connectivity index (χ1n) is 4.58. The average molecular weight is 226 g/mol. The zero-order chi connectivity index (χ0) is 11.7. The molecule has 2 rings (SSSR count). The minimum absolute atomic E-state index is 0.0299. The van der Waals surface area contributed by atoms with Crippen LogP contribution in [0.4, 0.5) is 0 Å². The number of hydrogen-bond acceptors (Lipinski definition) is 5. The zero-order valence-electron chi connectivity index (χ0n) is 8.17. The fourth-order valence-corrected chi connectivity index (χ4v) is 1.44. The van der Waals surface area contributed by atoms with E-state index < -0.39 is 24.0 Å². The molecule has 86 valence electrons. The van der Waals surface area contributed by atoms with E-state index in [0.29, 0.717) is 0 Å². The minimum atomic E-state index is -0.983. The van der Waals surface area contributed by atoms with Gasteiger partial charge in [0.2, 0.25) is 0 Å². The summed E-state index contributed by atoms with van der Waals surface area (Å²) in [4.78, 5) is 30.6. The van der Waals surface area contributed by atoms with Crippen molar-refractivity contribution < 1.29 is 10.2 Å². The van der Waals surface area contributed by atoms with Crippen molar-refractivity contribution in [3.05, 3.63) is 27.2 Å². The molecule has 2 heterocycles. The number of aromatic nitrogens is 4. The maximum Gasteiger partial charge on any atom is 0.327 e. The van der Waals surface area contributed by atoms with Crippen LogP contribution >= 0.6 is 0 Å². The molecular formula is C8H10N4O4. The lowest BCUT2D eigenvalue weighted by Gasteiger charge is -2.07. The quantitative estimate of drug-likeness (QED) is 0.471. The molecule has 0 aliphatic carbocycles. The Labute approximate surface area is 88.2 Å². The second-order valence-electron chi connectivity index (χ2n) is 3.34. The Balaban J connectivity index is 2.56. The first-order valence-corrected chi connectivity index (χ1v) is 4.58. The van der Waals surface area contributed by atoms with Crippen LogP contribution in [0.1, 0.15) is 0 Å². The van der Waals surface area contributed by atoms with Gasteiger partial charge in [0.15, 0.2) is 11.2 Å². The summed E-state index contributed by atoms with van der Waals surface area (Å²) < 4.78 is 1.37. The lowest BCUT2D eigenvalue weighted by molar-refractivity contribution is 0.0820. The molecule has 1 atom stereocenters. The van der Waals surface area contributed by atoms with Gasteiger partial charge < -0.3 is 14.8 Å². The molecule has 0 aliphatic rings. The second-order valence-corrected chi connectivity index (χ2v) is 3.34. The third kappa shape index (κ3) is 1.75. The fraction of sp³-hybridized carbons (Fsp3) is 0.375. The summed E-state index contributed by atoms with van der Waals surface area (Å²) in [6.45, 7) is -0.386. The van der Waals surface area contributed by atoms with E-state index in [4.69, 9.17) is 5.11 Å². The molecular weight excluding hydrogens is 216 g/mol. The Kier molecular flexibility index (Phi) is 2.59. The van der Waals surface area contributed by atoms with Crippen molar-refractivity contribution >= 4 is 11.2 Å². The topological polar surface area (TPSA) is 124 Å². The number of nitrogens with zero attached hydrogens (tertiary/aromatic N) is 2. The number of aliphatic hydroxyl groups is 2. The van der Waals surface area contributed by atoms with Crippen molar-refractivity contribution in [2.24, 2.45) is 0 Å². The largest absolute Gasteiger partial charge is 0.394 e. The third-order valence-corrected chi connectivity index (χ3v) is 2.13. The molecule has 8 heteroatoms. The molecule has 2 aromatic rings. The predicted molar refractivity (Wildman–Crippen MR) is 54.1 cm³/mol. The highest BCUT2D eigenvalue weighted by atomic mass is 16.3. The van der Waals surface area contributed by atoms with Gasteiger partial charge in [-0.15, -0.1) is 0 Å². The number of rotatable bonds is 3. The van der Waals surface area contributed by atoms with Gasteiger partial charge in [-0.3, -0.25) is 14.8 Å². The molecule has 0 saturated heterocycles. The van der Waals surface area contributed by atoms with Crippen molar-refractivity contribution in [3.8, 4) is 0 Å². The summed E-state index contributed by atoms with van der Waals surface area (Å²) in [7, 11) is 0. The lowest BCUT2D eigenvalue weighted by atomic mass is 10.3. The highest BCUT2D eigenvalue weighted by Gasteiger charge is 2.11. The predicted octanol–water partition coefficient (Wildman–Crippen LogP) is -2.23. The van der Waals surface area contributed by atoms with Gasteiger partial charge in [-0.25, -0.2) is 9.78 Å². The number of aromatic amines is 2. The van der Waals surface area contributed by atoms with Crippen molar-refractivity contribution in [1.29, 1.82) is 0 Å². The van der Waals surface area contributed by atoms with Crippen LogP contribution in [0.3, 0.4) is 0 Å². The third-order valence-electron chi connectivity index (χ3n) is 2.13. The monoisotopic (exact) mass is 226 g/mol. The Morgan fingerprint density at radius 1 is 1.44 bits per heavy atom. The smallest absolute Gasteiger partial charge is 0.327 e. The highest BCUT2D eigenvalue weighted by molar-refractivity contribution is 5.68. The number of H-pyrrole nitrogens is 2. The molecule has 0 saturated carbocycles. The summed E-state index contributed by atoms with van der Waals surface area (Å²) in [5.41, 5.74) is -0.905. The molecule has 0 amide bonds. The Bertz CT molecular complexity index is 610. The van der Waals surface area contributed by atoms with Crippen LogP contribution in [0.5, 0.6) is 0 Å². The van der Waals surface area contributed by atoms with Crippen LogP contribution in [0, 0.1) is 0 Å². The van der Waals surface area contributed by atoms with E-state index in [1.165, 1.54) is 10.9 Å². The first kappa shape index (κ1) is 10.6. The number of fused-ring (bicyclic) bond motifs is 1. The van der Waals surface area contributed by atoms with E-state index >= 15 is 0 Å². The van der Waals surface area contributed by atoms with E-state index in [9.17, 15) is 14.7 Å². The highest BCUT2D eigenvalue weighted by Crippen LogP contribution is 2.03. The van der Waals surface area contributed by atoms with Crippen LogP contribution in [0.2, 0.25) is 0 Å². The Morgan fingerprint density at radius 3 is 2.88 bits per heavy atom. The molecule has 0 fully saturated rings. The van der Waals surface area contributed by atoms with E-state index in [2.05, 4.69) is 15.0 Å². The number of aliphatic hydroxyl groups excluding tert-OH is 2. The second kappa shape index (κ2) is 3.91. The summed E-state index contributed by atoms with van der Waals surface area (Å²) in [6.07, 6.45) is 0.332. The lowest BCUT2D eigenvalue weighted by Crippen LogP contribution is -2.25. The molecule has 0 aliphatic heterocycles. The van der Waals surface area contributed by atoms with Gasteiger partial charge in [-0.1, -0.05) is 0 Å². The normalized spacial score (nSPS) is 13.1. The number of nitrogens with one attached hydrogen (secondary N) is 2. The van der Waals surface area contributed by atoms with Gasteiger partial charge in [0, 0.05) is 0 Å². The van der Waals surface area contributed by atoms with Gasteiger partial charge in [0.05, 0.1) is 25.6 Å². The van der Waals surface area contributed by atoms with Crippen LogP contribution in [0.25, 0.3) is 11.2 Å². The van der Waals surface area contributed by atoms with E-state index in [1.54, 1.807) is 0 Å². The van der Waals surface area contributed by atoms with E-state index in [0.717, 1.165) is 0 Å². The Hall–Kier alpha value is -1.93. The van der Waals surface area contributed by atoms with Gasteiger partial charge >= 0.3 is 5.69 Å². The molecule has 2 aromatic heterocycles. The number of hydrogen-bond donors (Lipinski definition) is 4. The molecule has 0 spiro atoms. The molecule has 0 radical (unpaired) electrons. The van der Waals surface area contributed by atoms with Crippen LogP contribution in [-0.2, 0) is 6.54 Å². The van der Waals surface area contributed by atoms with E-state index in [-0.39, 0.29) is 17.7 Å². The maximum absolute atomic E-state index is 11.5. The fourth-order valence-electron chi connectivity index (χ4n) is 1.44. The van der Waals surface area contributed by atoms with Gasteiger partial charge in [0.25, 0.3) is 5.56 Å². The van der Waals surface area contributed by atoms with Crippen molar-refractivity contribution in [2.75, 3.05) is 6.61 Å². The summed E-state index contributed by atoms with van der Waals surface area (Å²) in [5, 5.41) is 17.9. The Morgan fingerprint density at radius 2 is 2.19 bits per heavy atom. The van der Waals surface area contributed by atoms with Crippen molar-refractivity contribution in [3.63, 3.8) is 0 Å². The van der Waals surface area contributed by atoms with Gasteiger partial charge in [-0.2, -0.15) is 0 Å². The number of imidazole rings is 1. The first-order chi connectivity index (χ1) is 7.61. The molecule has 0 bridgehead atoms. The van der Waals surface area contributed by atoms with Crippen molar-refractivity contribution in [2.45, 2.75) is 12.6 Å². The summed E-state index contributed by atoms with van der Waals surface area (Å²) in [6, 6.07) is 0. The SMILES string of the molecule is O=c1[nH]c(=O)c2c(ncn2CC(O)CO)[nH]1. The van der Waals surface area contributed by atoms with Crippen molar-refractivity contribution in [1.82, 2.24) is 19.5 Å². The molecule has 0 aromatic carbocycles. The zero-order valence-corrected chi connectivity index (χ0v) is 8.17. The molecule has 16 heavy (non-hydrogen) atoms. The average Bonchev–Trinajstić information content (AvgIpc) is 2.61. The van der Waals surface area contributed by atoms with E-state index in [1.807, 2.05) is 0 Å². The van der Waals surface area contributed by atoms with Crippen LogP contribution in [0.15, 0.2) is 15.9 Å².